The molecular weight excluding hydrogens is 383 g/mol. The van der Waals surface area contributed by atoms with E-state index >= 15 is 0 Å². The molecule has 4 aromatic rings. The molecule has 0 saturated carbocycles. The number of H-pyrrole nitrogens is 1. The number of nitrogens with one attached hydrogen (secondary N) is 3. The number of carbonyl (C=O) groups excluding carboxylic acids is 2. The van der Waals surface area contributed by atoms with Gasteiger partial charge in [0.25, 0.3) is 5.91 Å². The molecule has 0 fully saturated rings. The molecule has 150 valence electrons. The number of carbonyl (C=O) groups is 2. The molecular formula is C23H19FN4O2. The third kappa shape index (κ3) is 4.35. The summed E-state index contributed by atoms with van der Waals surface area (Å²) in [5, 5.41) is 6.53. The molecule has 0 aliphatic heterocycles. The van der Waals surface area contributed by atoms with Crippen LogP contribution in [0.1, 0.15) is 15.9 Å². The van der Waals surface area contributed by atoms with Gasteiger partial charge < -0.3 is 15.6 Å². The van der Waals surface area contributed by atoms with Crippen LogP contribution in [0.5, 0.6) is 0 Å². The third-order valence-corrected chi connectivity index (χ3v) is 4.76. The van der Waals surface area contributed by atoms with Crippen molar-refractivity contribution in [1.29, 1.82) is 0 Å². The number of para-hydroxylation sites is 1. The molecule has 0 aliphatic rings. The van der Waals surface area contributed by atoms with Gasteiger partial charge in [0.15, 0.2) is 0 Å². The molecule has 0 aliphatic carbocycles. The van der Waals surface area contributed by atoms with E-state index in [1.807, 2.05) is 30.5 Å². The molecule has 2 heterocycles. The molecule has 3 N–H and O–H groups in total. The summed E-state index contributed by atoms with van der Waals surface area (Å²) in [4.78, 5) is 32.8. The van der Waals surface area contributed by atoms with Crippen LogP contribution in [-0.4, -0.2) is 27.8 Å². The second-order valence-corrected chi connectivity index (χ2v) is 6.83. The van der Waals surface area contributed by atoms with Crippen molar-refractivity contribution in [3.63, 3.8) is 0 Å². The number of rotatable bonds is 6. The first-order valence-corrected chi connectivity index (χ1v) is 9.42. The minimum atomic E-state index is -0.845. The second-order valence-electron chi connectivity index (χ2n) is 6.83. The molecule has 1 atom stereocenters. The Bertz CT molecular complexity index is 1170. The van der Waals surface area contributed by atoms with Gasteiger partial charge in [-0.05, 0) is 48.0 Å². The normalized spacial score (nSPS) is 11.8. The molecule has 0 unspecified atom stereocenters. The fourth-order valence-corrected chi connectivity index (χ4v) is 3.24. The SMILES string of the molecule is O=C(N[C@H](Cc1c[nH]c2ccccc12)C(=O)Nc1cccnc1)c1ccc(F)cc1. The van der Waals surface area contributed by atoms with Crippen LogP contribution in [0.3, 0.4) is 0 Å². The highest BCUT2D eigenvalue weighted by atomic mass is 19.1. The molecule has 6 nitrogen and oxygen atoms in total. The first-order chi connectivity index (χ1) is 14.6. The lowest BCUT2D eigenvalue weighted by atomic mass is 10.0. The van der Waals surface area contributed by atoms with Gasteiger partial charge >= 0.3 is 0 Å². The standard InChI is InChI=1S/C23H19FN4O2/c24-17-9-7-15(8-10-17)22(29)28-21(23(30)27-18-4-3-11-25-14-18)12-16-13-26-20-6-2-1-5-19(16)20/h1-11,13-14,21,26H,12H2,(H,27,30)(H,28,29)/t21-/m1/s1. The predicted octanol–water partition coefficient (Wildman–Crippen LogP) is 3.68. The van der Waals surface area contributed by atoms with Crippen LogP contribution in [0.25, 0.3) is 10.9 Å². The highest BCUT2D eigenvalue weighted by Crippen LogP contribution is 2.20. The Kier molecular flexibility index (Phi) is 5.52. The maximum Gasteiger partial charge on any atom is 0.251 e. The number of fused-ring (bicyclic) bond motifs is 1. The minimum Gasteiger partial charge on any atom is -0.361 e. The van der Waals surface area contributed by atoms with Crippen molar-refractivity contribution < 1.29 is 14.0 Å². The van der Waals surface area contributed by atoms with E-state index in [4.69, 9.17) is 0 Å². The number of pyridine rings is 1. The predicted molar refractivity (Wildman–Crippen MR) is 113 cm³/mol. The Morgan fingerprint density at radius 1 is 1.03 bits per heavy atom. The molecule has 4 rings (SSSR count). The summed E-state index contributed by atoms with van der Waals surface area (Å²) in [6, 6.07) is 15.5. The average Bonchev–Trinajstić information content (AvgIpc) is 3.17. The van der Waals surface area contributed by atoms with E-state index in [2.05, 4.69) is 20.6 Å². The maximum atomic E-state index is 13.2. The number of halogens is 1. The Balaban J connectivity index is 1.59. The van der Waals surface area contributed by atoms with Crippen LogP contribution in [-0.2, 0) is 11.2 Å². The monoisotopic (exact) mass is 402 g/mol. The fourth-order valence-electron chi connectivity index (χ4n) is 3.24. The molecule has 30 heavy (non-hydrogen) atoms. The number of amides is 2. The Morgan fingerprint density at radius 2 is 1.83 bits per heavy atom. The number of aromatic amines is 1. The minimum absolute atomic E-state index is 0.273. The molecule has 0 radical (unpaired) electrons. The van der Waals surface area contributed by atoms with Crippen LogP contribution in [0.4, 0.5) is 10.1 Å². The zero-order valence-electron chi connectivity index (χ0n) is 15.9. The zero-order chi connectivity index (χ0) is 20.9. The third-order valence-electron chi connectivity index (χ3n) is 4.76. The van der Waals surface area contributed by atoms with Gasteiger partial charge in [-0.15, -0.1) is 0 Å². The van der Waals surface area contributed by atoms with E-state index in [0.29, 0.717) is 5.69 Å². The lowest BCUT2D eigenvalue weighted by Crippen LogP contribution is -2.45. The van der Waals surface area contributed by atoms with E-state index < -0.39 is 17.8 Å². The number of hydrogen-bond donors (Lipinski definition) is 3. The Hall–Kier alpha value is -4.00. The molecule has 7 heteroatoms. The number of benzene rings is 2. The highest BCUT2D eigenvalue weighted by Gasteiger charge is 2.23. The molecule has 2 aromatic carbocycles. The van der Waals surface area contributed by atoms with Gasteiger partial charge in [0.05, 0.1) is 11.9 Å². The molecule has 0 bridgehead atoms. The van der Waals surface area contributed by atoms with Crippen LogP contribution >= 0.6 is 0 Å². The summed E-state index contributed by atoms with van der Waals surface area (Å²) in [6.45, 7) is 0. The average molecular weight is 402 g/mol. The van der Waals surface area contributed by atoms with E-state index in [1.165, 1.54) is 30.5 Å². The smallest absolute Gasteiger partial charge is 0.251 e. The van der Waals surface area contributed by atoms with E-state index in [-0.39, 0.29) is 17.9 Å². The maximum absolute atomic E-state index is 13.2. The quantitative estimate of drug-likeness (QED) is 0.460. The van der Waals surface area contributed by atoms with Crippen molar-refractivity contribution in [2.24, 2.45) is 0 Å². The molecule has 2 aromatic heterocycles. The lowest BCUT2D eigenvalue weighted by molar-refractivity contribution is -0.118. The second kappa shape index (κ2) is 8.57. The number of anilines is 1. The highest BCUT2D eigenvalue weighted by molar-refractivity contribution is 6.01. The van der Waals surface area contributed by atoms with Gasteiger partial charge in [0.2, 0.25) is 5.91 Å². The van der Waals surface area contributed by atoms with Gasteiger partial charge in [-0.25, -0.2) is 4.39 Å². The Labute approximate surface area is 172 Å². The lowest BCUT2D eigenvalue weighted by Gasteiger charge is -2.18. The van der Waals surface area contributed by atoms with Crippen molar-refractivity contribution in [3.8, 4) is 0 Å². The van der Waals surface area contributed by atoms with Crippen molar-refractivity contribution in [2.45, 2.75) is 12.5 Å². The van der Waals surface area contributed by atoms with Crippen molar-refractivity contribution >= 4 is 28.4 Å². The number of aromatic nitrogens is 2. The van der Waals surface area contributed by atoms with Gasteiger partial charge in [-0.1, -0.05) is 18.2 Å². The van der Waals surface area contributed by atoms with Crippen LogP contribution in [0.2, 0.25) is 0 Å². The zero-order valence-corrected chi connectivity index (χ0v) is 15.9. The van der Waals surface area contributed by atoms with Gasteiger partial charge in [-0.3, -0.25) is 14.6 Å². The first-order valence-electron chi connectivity index (χ1n) is 9.42. The summed E-state index contributed by atoms with van der Waals surface area (Å²) in [5.41, 5.74) is 2.65. The topological polar surface area (TPSA) is 86.9 Å². The summed E-state index contributed by atoms with van der Waals surface area (Å²) in [6.07, 6.45) is 5.25. The first kappa shape index (κ1) is 19.3. The van der Waals surface area contributed by atoms with Crippen molar-refractivity contribution in [1.82, 2.24) is 15.3 Å². The van der Waals surface area contributed by atoms with Crippen molar-refractivity contribution in [3.05, 3.63) is 96.2 Å². The number of nitrogens with zero attached hydrogens (tertiary/aromatic N) is 1. The fraction of sp³-hybridized carbons (Fsp3) is 0.0870. The summed E-state index contributed by atoms with van der Waals surface area (Å²) in [5.74, 6) is -1.26. The molecule has 0 saturated heterocycles. The summed E-state index contributed by atoms with van der Waals surface area (Å²) in [7, 11) is 0. The summed E-state index contributed by atoms with van der Waals surface area (Å²) < 4.78 is 13.2. The largest absolute Gasteiger partial charge is 0.361 e. The van der Waals surface area contributed by atoms with Crippen molar-refractivity contribution in [2.75, 3.05) is 5.32 Å². The van der Waals surface area contributed by atoms with E-state index in [9.17, 15) is 14.0 Å². The van der Waals surface area contributed by atoms with E-state index in [1.54, 1.807) is 18.3 Å². The van der Waals surface area contributed by atoms with Gasteiger partial charge in [0, 0.05) is 35.3 Å². The van der Waals surface area contributed by atoms with E-state index in [0.717, 1.165) is 16.5 Å². The Morgan fingerprint density at radius 3 is 2.60 bits per heavy atom. The van der Waals surface area contributed by atoms with Crippen LogP contribution in [0.15, 0.2) is 79.3 Å². The van der Waals surface area contributed by atoms with Gasteiger partial charge in [-0.2, -0.15) is 0 Å². The van der Waals surface area contributed by atoms with Crippen LogP contribution < -0.4 is 10.6 Å². The van der Waals surface area contributed by atoms with Crippen LogP contribution in [0, 0.1) is 5.82 Å². The number of hydrogen-bond acceptors (Lipinski definition) is 3. The molecule has 0 spiro atoms. The summed E-state index contributed by atoms with van der Waals surface area (Å²) >= 11 is 0. The molecule has 2 amide bonds. The van der Waals surface area contributed by atoms with Gasteiger partial charge in [0.1, 0.15) is 11.9 Å².